The summed E-state index contributed by atoms with van der Waals surface area (Å²) < 4.78 is 4.76. The molecule has 0 N–H and O–H groups in total. The lowest BCUT2D eigenvalue weighted by molar-refractivity contribution is -0.142. The molecule has 0 aliphatic carbocycles. The molecule has 24 heavy (non-hydrogen) atoms. The highest BCUT2D eigenvalue weighted by molar-refractivity contribution is 7.07. The monoisotopic (exact) mass is 344 g/mol. The Hall–Kier alpha value is -2.21. The first kappa shape index (κ1) is 16.6. The summed E-state index contributed by atoms with van der Waals surface area (Å²) in [5.74, 6) is -0.285. The number of likely N-dealkylation sites (tertiary alicyclic amines) is 1. The summed E-state index contributed by atoms with van der Waals surface area (Å²) >= 11 is 1.55. The maximum absolute atomic E-state index is 12.8. The van der Waals surface area contributed by atoms with Gasteiger partial charge in [0.15, 0.2) is 0 Å². The molecule has 1 saturated heterocycles. The van der Waals surface area contributed by atoms with Crippen LogP contribution < -0.4 is 0 Å². The highest BCUT2D eigenvalue weighted by atomic mass is 32.1. The second kappa shape index (κ2) is 7.57. The molecule has 2 heterocycles. The van der Waals surface area contributed by atoms with E-state index in [0.717, 1.165) is 30.5 Å². The SMILES string of the molecule is COC(=O)C[C@@H]1CCCCN1C(=O)c1ccc(-c2cscn2)cc1. The number of carbonyl (C=O) groups is 2. The summed E-state index contributed by atoms with van der Waals surface area (Å²) in [6.07, 6.45) is 3.12. The molecular formula is C18H20N2O3S. The molecule has 1 aromatic heterocycles. The summed E-state index contributed by atoms with van der Waals surface area (Å²) in [6, 6.07) is 7.43. The van der Waals surface area contributed by atoms with Gasteiger partial charge in [0.05, 0.1) is 24.7 Å². The Balaban J connectivity index is 1.75. The van der Waals surface area contributed by atoms with Crippen LogP contribution in [0.4, 0.5) is 0 Å². The molecule has 5 nitrogen and oxygen atoms in total. The number of hydrogen-bond donors (Lipinski definition) is 0. The van der Waals surface area contributed by atoms with Crippen molar-refractivity contribution in [2.45, 2.75) is 31.7 Å². The lowest BCUT2D eigenvalue weighted by atomic mass is 9.98. The minimum atomic E-state index is -0.265. The third-order valence-electron chi connectivity index (χ3n) is 4.38. The van der Waals surface area contributed by atoms with E-state index in [-0.39, 0.29) is 24.3 Å². The molecule has 1 aliphatic heterocycles. The fourth-order valence-electron chi connectivity index (χ4n) is 3.06. The van der Waals surface area contributed by atoms with E-state index in [1.807, 2.05) is 34.5 Å². The standard InChI is InChI=1S/C18H20N2O3S/c1-23-17(21)10-15-4-2-3-9-20(15)18(22)14-7-5-13(6-8-14)16-11-24-12-19-16/h5-8,11-12,15H,2-4,9-10H2,1H3/t15-/m0/s1. The van der Waals surface area contributed by atoms with Crippen molar-refractivity contribution >= 4 is 23.2 Å². The van der Waals surface area contributed by atoms with Crippen molar-refractivity contribution in [3.8, 4) is 11.3 Å². The van der Waals surface area contributed by atoms with Gasteiger partial charge in [-0.05, 0) is 31.4 Å². The fourth-order valence-corrected chi connectivity index (χ4v) is 3.62. The molecule has 1 amide bonds. The van der Waals surface area contributed by atoms with Gasteiger partial charge in [-0.3, -0.25) is 9.59 Å². The van der Waals surface area contributed by atoms with Crippen LogP contribution >= 0.6 is 11.3 Å². The maximum Gasteiger partial charge on any atom is 0.307 e. The molecule has 1 aliphatic rings. The third-order valence-corrected chi connectivity index (χ3v) is 4.96. The van der Waals surface area contributed by atoms with Gasteiger partial charge >= 0.3 is 5.97 Å². The van der Waals surface area contributed by atoms with E-state index in [2.05, 4.69) is 4.98 Å². The summed E-state index contributed by atoms with van der Waals surface area (Å²) in [5, 5.41) is 1.98. The molecule has 1 aromatic carbocycles. The number of nitrogens with zero attached hydrogens (tertiary/aromatic N) is 2. The van der Waals surface area contributed by atoms with Gasteiger partial charge in [0.1, 0.15) is 0 Å². The number of aromatic nitrogens is 1. The Bertz CT molecular complexity index is 698. The Morgan fingerprint density at radius 3 is 2.75 bits per heavy atom. The smallest absolute Gasteiger partial charge is 0.307 e. The van der Waals surface area contributed by atoms with Crippen molar-refractivity contribution in [1.29, 1.82) is 0 Å². The molecule has 0 unspecified atom stereocenters. The van der Waals surface area contributed by atoms with Gasteiger partial charge in [-0.2, -0.15) is 0 Å². The van der Waals surface area contributed by atoms with Crippen LogP contribution in [0, 0.1) is 0 Å². The van der Waals surface area contributed by atoms with Crippen molar-refractivity contribution in [2.75, 3.05) is 13.7 Å². The Labute approximate surface area is 145 Å². The van der Waals surface area contributed by atoms with Crippen LogP contribution in [0.15, 0.2) is 35.2 Å². The van der Waals surface area contributed by atoms with E-state index in [0.29, 0.717) is 12.1 Å². The molecule has 0 bridgehead atoms. The number of benzene rings is 1. The second-order valence-corrected chi connectivity index (χ2v) is 6.60. The molecular weight excluding hydrogens is 324 g/mol. The van der Waals surface area contributed by atoms with Gasteiger partial charge < -0.3 is 9.64 Å². The fraction of sp³-hybridized carbons (Fsp3) is 0.389. The van der Waals surface area contributed by atoms with E-state index in [9.17, 15) is 9.59 Å². The number of esters is 1. The number of carbonyl (C=O) groups excluding carboxylic acids is 2. The number of piperidine rings is 1. The summed E-state index contributed by atoms with van der Waals surface area (Å²) in [6.45, 7) is 0.689. The number of ether oxygens (including phenoxy) is 1. The van der Waals surface area contributed by atoms with Crippen molar-refractivity contribution in [3.05, 3.63) is 40.7 Å². The number of amides is 1. The molecule has 1 atom stereocenters. The van der Waals surface area contributed by atoms with E-state index in [1.54, 1.807) is 16.8 Å². The Kier molecular flexibility index (Phi) is 5.25. The van der Waals surface area contributed by atoms with E-state index in [4.69, 9.17) is 4.74 Å². The number of hydrogen-bond acceptors (Lipinski definition) is 5. The van der Waals surface area contributed by atoms with E-state index in [1.165, 1.54) is 7.11 Å². The van der Waals surface area contributed by atoms with Crippen molar-refractivity contribution in [3.63, 3.8) is 0 Å². The highest BCUT2D eigenvalue weighted by Gasteiger charge is 2.29. The minimum Gasteiger partial charge on any atom is -0.469 e. The van der Waals surface area contributed by atoms with Gasteiger partial charge in [0.2, 0.25) is 0 Å². The van der Waals surface area contributed by atoms with Crippen LogP contribution in [0.2, 0.25) is 0 Å². The van der Waals surface area contributed by atoms with Gasteiger partial charge in [0.25, 0.3) is 5.91 Å². The van der Waals surface area contributed by atoms with Crippen LogP contribution in [0.25, 0.3) is 11.3 Å². The summed E-state index contributed by atoms with van der Waals surface area (Å²) in [5.41, 5.74) is 4.35. The van der Waals surface area contributed by atoms with Gasteiger partial charge in [-0.15, -0.1) is 11.3 Å². The van der Waals surface area contributed by atoms with Gasteiger partial charge in [0, 0.05) is 29.1 Å². The predicted octanol–water partition coefficient (Wildman–Crippen LogP) is 3.37. The number of methoxy groups -OCH3 is 1. The molecule has 3 rings (SSSR count). The number of rotatable bonds is 4. The van der Waals surface area contributed by atoms with Crippen LogP contribution in [-0.2, 0) is 9.53 Å². The van der Waals surface area contributed by atoms with E-state index >= 15 is 0 Å². The van der Waals surface area contributed by atoms with E-state index < -0.39 is 0 Å². The first-order valence-electron chi connectivity index (χ1n) is 8.05. The average Bonchev–Trinajstić information content (AvgIpc) is 3.16. The van der Waals surface area contributed by atoms with Crippen molar-refractivity contribution < 1.29 is 14.3 Å². The predicted molar refractivity (Wildman–Crippen MR) is 92.9 cm³/mol. The highest BCUT2D eigenvalue weighted by Crippen LogP contribution is 2.24. The molecule has 1 fully saturated rings. The topological polar surface area (TPSA) is 59.5 Å². The summed E-state index contributed by atoms with van der Waals surface area (Å²) in [7, 11) is 1.38. The average molecular weight is 344 g/mol. The molecule has 0 radical (unpaired) electrons. The van der Waals surface area contributed by atoms with Crippen molar-refractivity contribution in [1.82, 2.24) is 9.88 Å². The van der Waals surface area contributed by atoms with Gasteiger partial charge in [-0.25, -0.2) is 4.98 Å². The molecule has 6 heteroatoms. The Morgan fingerprint density at radius 1 is 1.29 bits per heavy atom. The molecule has 126 valence electrons. The Morgan fingerprint density at radius 2 is 2.08 bits per heavy atom. The third kappa shape index (κ3) is 3.64. The first-order valence-corrected chi connectivity index (χ1v) is 8.99. The van der Waals surface area contributed by atoms with Crippen molar-refractivity contribution in [2.24, 2.45) is 0 Å². The quantitative estimate of drug-likeness (QED) is 0.798. The van der Waals surface area contributed by atoms with Gasteiger partial charge in [-0.1, -0.05) is 12.1 Å². The van der Waals surface area contributed by atoms with Crippen LogP contribution in [-0.4, -0.2) is 41.5 Å². The molecule has 2 aromatic rings. The normalized spacial score (nSPS) is 17.5. The zero-order valence-electron chi connectivity index (χ0n) is 13.6. The minimum absolute atomic E-state index is 0.0200. The molecule has 0 spiro atoms. The van der Waals surface area contributed by atoms with Crippen LogP contribution in [0.1, 0.15) is 36.0 Å². The first-order chi connectivity index (χ1) is 11.7. The maximum atomic E-state index is 12.8. The lowest BCUT2D eigenvalue weighted by Gasteiger charge is -2.35. The zero-order chi connectivity index (χ0) is 16.9. The van der Waals surface area contributed by atoms with Crippen LogP contribution in [0.3, 0.4) is 0 Å². The zero-order valence-corrected chi connectivity index (χ0v) is 14.4. The van der Waals surface area contributed by atoms with Crippen LogP contribution in [0.5, 0.6) is 0 Å². The molecule has 0 saturated carbocycles. The lowest BCUT2D eigenvalue weighted by Crippen LogP contribution is -2.44. The largest absolute Gasteiger partial charge is 0.469 e. The summed E-state index contributed by atoms with van der Waals surface area (Å²) in [4.78, 5) is 30.5. The second-order valence-electron chi connectivity index (χ2n) is 5.88. The number of thiazole rings is 1.